The molecule has 0 radical (unpaired) electrons. The number of rotatable bonds is 4. The number of tetrazole rings is 1. The summed E-state index contributed by atoms with van der Waals surface area (Å²) in [6.45, 7) is 0. The zero-order chi connectivity index (χ0) is 20.6. The number of hydrogen-bond donors (Lipinski definition) is 1. The second-order valence-electron chi connectivity index (χ2n) is 6.29. The summed E-state index contributed by atoms with van der Waals surface area (Å²) in [6.07, 6.45) is -2.56. The molecule has 1 aliphatic rings. The topological polar surface area (TPSA) is 74.1 Å². The van der Waals surface area contributed by atoms with E-state index in [2.05, 4.69) is 20.8 Å². The highest BCUT2D eigenvalue weighted by Crippen LogP contribution is 2.36. The molecule has 1 N–H and O–H groups in total. The van der Waals surface area contributed by atoms with Crippen LogP contribution in [-0.2, 0) is 6.18 Å². The summed E-state index contributed by atoms with van der Waals surface area (Å²) < 4.78 is 50.8. The van der Waals surface area contributed by atoms with Crippen LogP contribution in [0.15, 0.2) is 48.5 Å². The minimum atomic E-state index is -4.40. The lowest BCUT2D eigenvalue weighted by Gasteiger charge is -2.24. The summed E-state index contributed by atoms with van der Waals surface area (Å²) in [4.78, 5) is 0. The Morgan fingerprint density at radius 3 is 2.38 bits per heavy atom. The summed E-state index contributed by atoms with van der Waals surface area (Å²) in [5.74, 6) is 1.50. The fourth-order valence-electron chi connectivity index (χ4n) is 3.13. The maximum atomic E-state index is 12.9. The van der Waals surface area contributed by atoms with E-state index in [1.165, 1.54) is 23.9 Å². The van der Waals surface area contributed by atoms with Gasteiger partial charge in [0.05, 0.1) is 19.8 Å². The van der Waals surface area contributed by atoms with Crippen LogP contribution in [-0.4, -0.2) is 34.4 Å². The number of halogens is 3. The largest absolute Gasteiger partial charge is 0.493 e. The third-order valence-electron chi connectivity index (χ3n) is 4.60. The molecule has 0 bridgehead atoms. The first-order valence-electron chi connectivity index (χ1n) is 8.57. The molecule has 0 amide bonds. The van der Waals surface area contributed by atoms with Gasteiger partial charge in [0, 0.05) is 11.3 Å². The third kappa shape index (κ3) is 3.48. The molecule has 7 nitrogen and oxygen atoms in total. The molecule has 1 aromatic heterocycles. The highest BCUT2D eigenvalue weighted by atomic mass is 19.4. The van der Waals surface area contributed by atoms with Gasteiger partial charge in [-0.05, 0) is 52.4 Å². The Kier molecular flexibility index (Phi) is 4.61. The molecule has 0 saturated carbocycles. The van der Waals surface area contributed by atoms with Crippen LogP contribution in [0.1, 0.15) is 22.7 Å². The van der Waals surface area contributed by atoms with E-state index in [9.17, 15) is 13.2 Å². The molecule has 1 atom stereocenters. The SMILES string of the molecule is COc1ccc(C2=C[C@@H](c3ccc(C(F)(F)F)cc3)n3nnnc3N2)cc1OC. The Bertz CT molecular complexity index is 1060. The molecular weight excluding hydrogens is 387 g/mol. The maximum absolute atomic E-state index is 12.9. The fraction of sp³-hybridized carbons (Fsp3) is 0.211. The number of allylic oxidation sites excluding steroid dienone is 1. The second kappa shape index (κ2) is 7.12. The van der Waals surface area contributed by atoms with Gasteiger partial charge in [-0.2, -0.15) is 17.9 Å². The Morgan fingerprint density at radius 2 is 1.72 bits per heavy atom. The summed E-state index contributed by atoms with van der Waals surface area (Å²) in [5, 5.41) is 14.7. The van der Waals surface area contributed by atoms with Crippen LogP contribution in [0.5, 0.6) is 11.5 Å². The minimum Gasteiger partial charge on any atom is -0.493 e. The zero-order valence-corrected chi connectivity index (χ0v) is 15.4. The average Bonchev–Trinajstić information content (AvgIpc) is 3.20. The molecule has 0 unspecified atom stereocenters. The van der Waals surface area contributed by atoms with Crippen molar-refractivity contribution in [1.29, 1.82) is 0 Å². The number of nitrogens with one attached hydrogen (secondary N) is 1. The predicted molar refractivity (Wildman–Crippen MR) is 98.5 cm³/mol. The number of methoxy groups -OCH3 is 2. The number of fused-ring (bicyclic) bond motifs is 1. The first-order valence-corrected chi connectivity index (χ1v) is 8.57. The van der Waals surface area contributed by atoms with Gasteiger partial charge in [-0.3, -0.25) is 0 Å². The van der Waals surface area contributed by atoms with Gasteiger partial charge in [-0.25, -0.2) is 0 Å². The molecule has 150 valence electrons. The lowest BCUT2D eigenvalue weighted by molar-refractivity contribution is -0.137. The third-order valence-corrected chi connectivity index (χ3v) is 4.60. The van der Waals surface area contributed by atoms with Crippen molar-refractivity contribution in [2.75, 3.05) is 19.5 Å². The molecule has 0 saturated heterocycles. The van der Waals surface area contributed by atoms with E-state index >= 15 is 0 Å². The number of benzene rings is 2. The van der Waals surface area contributed by atoms with Gasteiger partial charge in [0.15, 0.2) is 11.5 Å². The molecule has 10 heteroatoms. The normalized spacial score (nSPS) is 15.9. The van der Waals surface area contributed by atoms with Gasteiger partial charge in [0.25, 0.3) is 0 Å². The molecule has 29 heavy (non-hydrogen) atoms. The smallest absolute Gasteiger partial charge is 0.416 e. The van der Waals surface area contributed by atoms with Crippen molar-refractivity contribution in [3.05, 3.63) is 65.2 Å². The number of hydrogen-bond acceptors (Lipinski definition) is 6. The van der Waals surface area contributed by atoms with Crippen molar-refractivity contribution >= 4 is 11.6 Å². The number of alkyl halides is 3. The molecule has 3 aromatic rings. The number of nitrogens with zero attached hydrogens (tertiary/aromatic N) is 4. The van der Waals surface area contributed by atoms with Gasteiger partial charge in [-0.1, -0.05) is 17.2 Å². The molecule has 2 heterocycles. The van der Waals surface area contributed by atoms with Crippen LogP contribution in [0, 0.1) is 0 Å². The van der Waals surface area contributed by atoms with E-state index in [0.29, 0.717) is 28.7 Å². The first-order chi connectivity index (χ1) is 13.9. The maximum Gasteiger partial charge on any atom is 0.416 e. The Labute approximate surface area is 163 Å². The fourth-order valence-corrected chi connectivity index (χ4v) is 3.13. The number of aromatic nitrogens is 4. The average molecular weight is 403 g/mol. The Morgan fingerprint density at radius 1 is 1.00 bits per heavy atom. The molecule has 4 rings (SSSR count). The van der Waals surface area contributed by atoms with Gasteiger partial charge in [-0.15, -0.1) is 0 Å². The van der Waals surface area contributed by atoms with Gasteiger partial charge in [0.1, 0.15) is 6.04 Å². The van der Waals surface area contributed by atoms with E-state index in [4.69, 9.17) is 9.47 Å². The standard InChI is InChI=1S/C19H16F3N5O2/c1-28-16-8-5-12(9-17(16)29-2)14-10-15(27-18(23-14)24-25-26-27)11-3-6-13(7-4-11)19(20,21)22/h3-10,15H,1-2H3,(H,23,24,26)/t15-/m0/s1. The summed E-state index contributed by atoms with van der Waals surface area (Å²) >= 11 is 0. The lowest BCUT2D eigenvalue weighted by atomic mass is 10.0. The van der Waals surface area contributed by atoms with E-state index < -0.39 is 17.8 Å². The van der Waals surface area contributed by atoms with Gasteiger partial charge in [0.2, 0.25) is 5.95 Å². The van der Waals surface area contributed by atoms with Gasteiger partial charge < -0.3 is 14.8 Å². The van der Waals surface area contributed by atoms with Crippen LogP contribution in [0.25, 0.3) is 5.70 Å². The Hall–Kier alpha value is -3.56. The van der Waals surface area contributed by atoms with Crippen molar-refractivity contribution in [1.82, 2.24) is 20.2 Å². The van der Waals surface area contributed by atoms with Crippen LogP contribution in [0.2, 0.25) is 0 Å². The molecular formula is C19H16F3N5O2. The quantitative estimate of drug-likeness (QED) is 0.715. The van der Waals surface area contributed by atoms with E-state index in [0.717, 1.165) is 17.7 Å². The van der Waals surface area contributed by atoms with Crippen LogP contribution in [0.4, 0.5) is 19.1 Å². The minimum absolute atomic E-state index is 0.377. The van der Waals surface area contributed by atoms with Crippen molar-refractivity contribution < 1.29 is 22.6 Å². The van der Waals surface area contributed by atoms with Crippen LogP contribution < -0.4 is 14.8 Å². The lowest BCUT2D eigenvalue weighted by Crippen LogP contribution is -2.20. The van der Waals surface area contributed by atoms with Crippen LogP contribution >= 0.6 is 0 Å². The van der Waals surface area contributed by atoms with Crippen molar-refractivity contribution in [2.24, 2.45) is 0 Å². The molecule has 0 fully saturated rings. The zero-order valence-electron chi connectivity index (χ0n) is 15.4. The van der Waals surface area contributed by atoms with Crippen LogP contribution in [0.3, 0.4) is 0 Å². The number of ether oxygens (including phenoxy) is 2. The summed E-state index contributed by atoms with van der Waals surface area (Å²) in [7, 11) is 3.08. The molecule has 0 spiro atoms. The van der Waals surface area contributed by atoms with Gasteiger partial charge >= 0.3 is 6.18 Å². The van der Waals surface area contributed by atoms with E-state index in [1.54, 1.807) is 19.2 Å². The van der Waals surface area contributed by atoms with Crippen molar-refractivity contribution in [3.63, 3.8) is 0 Å². The second-order valence-corrected chi connectivity index (χ2v) is 6.29. The summed E-state index contributed by atoms with van der Waals surface area (Å²) in [6, 6.07) is 9.86. The van der Waals surface area contributed by atoms with E-state index in [-0.39, 0.29) is 0 Å². The molecule has 2 aromatic carbocycles. The highest BCUT2D eigenvalue weighted by molar-refractivity contribution is 5.78. The predicted octanol–water partition coefficient (Wildman–Crippen LogP) is 3.77. The molecule has 0 aliphatic carbocycles. The first kappa shape index (κ1) is 18.8. The number of anilines is 1. The monoisotopic (exact) mass is 403 g/mol. The van der Waals surface area contributed by atoms with E-state index in [1.807, 2.05) is 12.1 Å². The molecule has 1 aliphatic heterocycles. The van der Waals surface area contributed by atoms with Crippen molar-refractivity contribution in [3.8, 4) is 11.5 Å². The summed E-state index contributed by atoms with van der Waals surface area (Å²) in [5.41, 5.74) is 1.38. The van der Waals surface area contributed by atoms with Crippen molar-refractivity contribution in [2.45, 2.75) is 12.2 Å². The highest BCUT2D eigenvalue weighted by Gasteiger charge is 2.31. The Balaban J connectivity index is 1.75.